The molecule has 9 heteroatoms. The van der Waals surface area contributed by atoms with Crippen molar-refractivity contribution in [1.29, 1.82) is 0 Å². The van der Waals surface area contributed by atoms with Gasteiger partial charge < -0.3 is 16.0 Å². The predicted octanol–water partition coefficient (Wildman–Crippen LogP) is 4.36. The van der Waals surface area contributed by atoms with Crippen molar-refractivity contribution in [2.24, 2.45) is 0 Å². The second kappa shape index (κ2) is 9.77. The maximum Gasteiger partial charge on any atom is 0.251 e. The van der Waals surface area contributed by atoms with Crippen LogP contribution in [0.15, 0.2) is 73.3 Å². The predicted molar refractivity (Wildman–Crippen MR) is 119 cm³/mol. The van der Waals surface area contributed by atoms with Gasteiger partial charge in [0, 0.05) is 41.8 Å². The van der Waals surface area contributed by atoms with Crippen LogP contribution in [0.5, 0.6) is 0 Å². The molecule has 0 fully saturated rings. The molecule has 0 saturated carbocycles. The third-order valence-electron chi connectivity index (χ3n) is 4.31. The van der Waals surface area contributed by atoms with Crippen LogP contribution in [0, 0.1) is 5.82 Å². The van der Waals surface area contributed by atoms with Gasteiger partial charge in [-0.2, -0.15) is 0 Å². The van der Waals surface area contributed by atoms with Crippen molar-refractivity contribution in [2.75, 3.05) is 10.6 Å². The third kappa shape index (κ3) is 5.61. The SMILES string of the molecule is O=C(NCc1cccnc1)c1ccc(F)c(NCc2cnc(Nc3ccccn3)s2)c1. The lowest BCUT2D eigenvalue weighted by Crippen LogP contribution is -2.23. The molecule has 0 radical (unpaired) electrons. The molecule has 31 heavy (non-hydrogen) atoms. The number of rotatable bonds is 8. The summed E-state index contributed by atoms with van der Waals surface area (Å²) in [6.07, 6.45) is 6.76. The first-order valence-electron chi connectivity index (χ1n) is 9.50. The number of nitrogens with zero attached hydrogens (tertiary/aromatic N) is 3. The number of carbonyl (C=O) groups excluding carboxylic acids is 1. The Balaban J connectivity index is 1.36. The van der Waals surface area contributed by atoms with E-state index in [1.165, 1.54) is 29.5 Å². The molecule has 0 aliphatic carbocycles. The van der Waals surface area contributed by atoms with E-state index in [4.69, 9.17) is 0 Å². The molecular formula is C22H19FN6OS. The minimum Gasteiger partial charge on any atom is -0.378 e. The summed E-state index contributed by atoms with van der Waals surface area (Å²) in [7, 11) is 0. The summed E-state index contributed by atoms with van der Waals surface area (Å²) in [5, 5.41) is 9.66. The normalized spacial score (nSPS) is 10.5. The van der Waals surface area contributed by atoms with Crippen LogP contribution in [-0.4, -0.2) is 20.9 Å². The quantitative estimate of drug-likeness (QED) is 0.382. The second-order valence-corrected chi connectivity index (χ2v) is 7.68. The molecule has 3 heterocycles. The first-order chi connectivity index (χ1) is 15.2. The highest BCUT2D eigenvalue weighted by Crippen LogP contribution is 2.23. The van der Waals surface area contributed by atoms with Crippen LogP contribution in [0.4, 0.5) is 21.0 Å². The zero-order valence-electron chi connectivity index (χ0n) is 16.4. The molecule has 0 spiro atoms. The number of carbonyl (C=O) groups is 1. The van der Waals surface area contributed by atoms with Crippen molar-refractivity contribution < 1.29 is 9.18 Å². The zero-order valence-corrected chi connectivity index (χ0v) is 17.2. The van der Waals surface area contributed by atoms with Gasteiger partial charge in [-0.3, -0.25) is 9.78 Å². The van der Waals surface area contributed by atoms with Gasteiger partial charge in [-0.05, 0) is 42.0 Å². The van der Waals surface area contributed by atoms with Crippen molar-refractivity contribution in [3.05, 3.63) is 95.1 Å². The molecule has 0 aliphatic heterocycles. The van der Waals surface area contributed by atoms with Gasteiger partial charge in [0.2, 0.25) is 0 Å². The number of nitrogens with one attached hydrogen (secondary N) is 3. The topological polar surface area (TPSA) is 91.8 Å². The molecule has 0 atom stereocenters. The van der Waals surface area contributed by atoms with E-state index in [0.29, 0.717) is 29.6 Å². The molecule has 7 nitrogen and oxygen atoms in total. The standard InChI is InChI=1S/C22H19FN6OS/c23-18-7-6-16(21(30)27-12-15-4-3-8-24-11-15)10-19(18)26-13-17-14-28-22(31-17)29-20-5-1-2-9-25-20/h1-11,14,26H,12-13H2,(H,27,30)(H,25,28,29). The van der Waals surface area contributed by atoms with E-state index in [2.05, 4.69) is 30.9 Å². The van der Waals surface area contributed by atoms with Gasteiger partial charge >= 0.3 is 0 Å². The van der Waals surface area contributed by atoms with E-state index in [1.54, 1.807) is 30.9 Å². The fourth-order valence-electron chi connectivity index (χ4n) is 2.76. The molecule has 156 valence electrons. The number of amides is 1. The zero-order chi connectivity index (χ0) is 21.5. The Hall–Kier alpha value is -3.85. The number of halogens is 1. The summed E-state index contributed by atoms with van der Waals surface area (Å²) in [5.41, 5.74) is 1.51. The van der Waals surface area contributed by atoms with Crippen LogP contribution in [-0.2, 0) is 13.1 Å². The van der Waals surface area contributed by atoms with Crippen molar-refractivity contribution in [3.8, 4) is 0 Å². The molecule has 1 amide bonds. The summed E-state index contributed by atoms with van der Waals surface area (Å²) < 4.78 is 14.2. The smallest absolute Gasteiger partial charge is 0.251 e. The molecule has 0 saturated heterocycles. The number of pyridine rings is 2. The lowest BCUT2D eigenvalue weighted by molar-refractivity contribution is 0.0951. The van der Waals surface area contributed by atoms with Gasteiger partial charge in [-0.15, -0.1) is 0 Å². The molecule has 0 bridgehead atoms. The van der Waals surface area contributed by atoms with Crippen LogP contribution in [0.2, 0.25) is 0 Å². The number of aromatic nitrogens is 3. The highest BCUT2D eigenvalue weighted by atomic mass is 32.1. The maximum atomic E-state index is 14.2. The Kier molecular flexibility index (Phi) is 6.44. The Labute approximate surface area is 182 Å². The molecule has 3 N–H and O–H groups in total. The fourth-order valence-corrected chi connectivity index (χ4v) is 3.52. The average molecular weight is 435 g/mol. The highest BCUT2D eigenvalue weighted by Gasteiger charge is 2.11. The maximum absolute atomic E-state index is 14.2. The molecule has 0 unspecified atom stereocenters. The van der Waals surface area contributed by atoms with Crippen LogP contribution < -0.4 is 16.0 Å². The first kappa shape index (κ1) is 20.4. The van der Waals surface area contributed by atoms with Gasteiger partial charge in [0.15, 0.2) is 5.13 Å². The van der Waals surface area contributed by atoms with Gasteiger partial charge in [0.1, 0.15) is 11.6 Å². The second-order valence-electron chi connectivity index (χ2n) is 6.56. The number of thiazole rings is 1. The monoisotopic (exact) mass is 434 g/mol. The Bertz CT molecular complexity index is 1150. The van der Waals surface area contributed by atoms with Gasteiger partial charge in [-0.25, -0.2) is 14.4 Å². The van der Waals surface area contributed by atoms with Crippen LogP contribution in [0.25, 0.3) is 0 Å². The minimum absolute atomic E-state index is 0.252. The molecule has 1 aromatic carbocycles. The molecule has 3 aromatic heterocycles. The number of benzene rings is 1. The first-order valence-corrected chi connectivity index (χ1v) is 10.3. The van der Waals surface area contributed by atoms with E-state index >= 15 is 0 Å². The molecular weight excluding hydrogens is 415 g/mol. The number of anilines is 3. The van der Waals surface area contributed by atoms with Crippen molar-refractivity contribution in [2.45, 2.75) is 13.1 Å². The Morgan fingerprint density at radius 3 is 2.74 bits per heavy atom. The van der Waals surface area contributed by atoms with Crippen molar-refractivity contribution in [1.82, 2.24) is 20.3 Å². The van der Waals surface area contributed by atoms with Crippen molar-refractivity contribution in [3.63, 3.8) is 0 Å². The van der Waals surface area contributed by atoms with Gasteiger partial charge in [0.05, 0.1) is 12.2 Å². The lowest BCUT2D eigenvalue weighted by Gasteiger charge is -2.09. The van der Waals surface area contributed by atoms with Crippen LogP contribution in [0.3, 0.4) is 0 Å². The summed E-state index contributed by atoms with van der Waals surface area (Å²) in [6, 6.07) is 13.5. The minimum atomic E-state index is -0.430. The highest BCUT2D eigenvalue weighted by molar-refractivity contribution is 7.15. The van der Waals surface area contributed by atoms with E-state index in [0.717, 1.165) is 10.4 Å². The van der Waals surface area contributed by atoms with Crippen LogP contribution >= 0.6 is 11.3 Å². The average Bonchev–Trinajstić information content (AvgIpc) is 3.25. The van der Waals surface area contributed by atoms with E-state index < -0.39 is 5.82 Å². The summed E-state index contributed by atoms with van der Waals surface area (Å²) in [6.45, 7) is 0.721. The summed E-state index contributed by atoms with van der Waals surface area (Å²) in [5.74, 6) is -0.0147. The molecule has 4 aromatic rings. The van der Waals surface area contributed by atoms with Gasteiger partial charge in [-0.1, -0.05) is 23.5 Å². The largest absolute Gasteiger partial charge is 0.378 e. The van der Waals surface area contributed by atoms with Gasteiger partial charge in [0.25, 0.3) is 5.91 Å². The summed E-state index contributed by atoms with van der Waals surface area (Å²) >= 11 is 1.44. The van der Waals surface area contributed by atoms with E-state index in [-0.39, 0.29) is 11.6 Å². The fraction of sp³-hybridized carbons (Fsp3) is 0.0909. The van der Waals surface area contributed by atoms with E-state index in [1.807, 2.05) is 24.3 Å². The molecule has 4 rings (SSSR count). The van der Waals surface area contributed by atoms with Crippen molar-refractivity contribution >= 4 is 33.9 Å². The number of hydrogen-bond acceptors (Lipinski definition) is 7. The van der Waals surface area contributed by atoms with Crippen LogP contribution in [0.1, 0.15) is 20.8 Å². The molecule has 0 aliphatic rings. The Morgan fingerprint density at radius 1 is 1.00 bits per heavy atom. The summed E-state index contributed by atoms with van der Waals surface area (Å²) in [4.78, 5) is 25.9. The lowest BCUT2D eigenvalue weighted by atomic mass is 10.1. The number of hydrogen-bond donors (Lipinski definition) is 3. The Morgan fingerprint density at radius 2 is 1.94 bits per heavy atom. The third-order valence-corrected chi connectivity index (χ3v) is 5.22. The van der Waals surface area contributed by atoms with E-state index in [9.17, 15) is 9.18 Å².